The molecule has 14 heavy (non-hydrogen) atoms. The maximum absolute atomic E-state index is 10.4. The van der Waals surface area contributed by atoms with E-state index in [2.05, 4.69) is 11.8 Å². The Hall–Kier alpha value is -0.830. The van der Waals surface area contributed by atoms with E-state index in [0.29, 0.717) is 6.04 Å². The molecule has 0 aromatic carbocycles. The van der Waals surface area contributed by atoms with E-state index in [0.717, 1.165) is 18.7 Å². The van der Waals surface area contributed by atoms with E-state index in [-0.39, 0.29) is 0 Å². The first-order valence-corrected chi connectivity index (χ1v) is 5.23. The molecule has 1 unspecified atom stereocenters. The average Bonchev–Trinajstić information content (AvgIpc) is 2.07. The largest absolute Gasteiger partial charge is 0.478 e. The lowest BCUT2D eigenvalue weighted by Crippen LogP contribution is -2.38. The van der Waals surface area contributed by atoms with Crippen LogP contribution in [0.1, 0.15) is 33.1 Å². The number of hydrogen-bond donors (Lipinski definition) is 1. The van der Waals surface area contributed by atoms with Gasteiger partial charge in [-0.1, -0.05) is 12.0 Å². The minimum absolute atomic E-state index is 0.598. The van der Waals surface area contributed by atoms with Gasteiger partial charge in [-0.05, 0) is 33.2 Å². The first kappa shape index (κ1) is 11.2. The summed E-state index contributed by atoms with van der Waals surface area (Å²) >= 11 is 0. The average molecular weight is 197 g/mol. The highest BCUT2D eigenvalue weighted by Gasteiger charge is 2.17. The Labute approximate surface area is 85.4 Å². The summed E-state index contributed by atoms with van der Waals surface area (Å²) in [5.74, 6) is -0.841. The van der Waals surface area contributed by atoms with Crippen molar-refractivity contribution in [1.82, 2.24) is 4.90 Å². The molecule has 0 aromatic heterocycles. The number of piperidine rings is 1. The topological polar surface area (TPSA) is 40.5 Å². The summed E-state index contributed by atoms with van der Waals surface area (Å²) in [6.07, 6.45) is 5.09. The van der Waals surface area contributed by atoms with Crippen LogP contribution in [-0.4, -0.2) is 35.1 Å². The van der Waals surface area contributed by atoms with Gasteiger partial charge in [0.1, 0.15) is 0 Å². The molecule has 0 radical (unpaired) electrons. The third-order valence-electron chi connectivity index (χ3n) is 2.76. The smallest absolute Gasteiger partial charge is 0.328 e. The van der Waals surface area contributed by atoms with E-state index in [1.165, 1.54) is 25.3 Å². The molecule has 80 valence electrons. The van der Waals surface area contributed by atoms with Crippen LogP contribution in [0.2, 0.25) is 0 Å². The van der Waals surface area contributed by atoms with Gasteiger partial charge >= 0.3 is 5.97 Å². The molecule has 0 spiro atoms. The van der Waals surface area contributed by atoms with Crippen molar-refractivity contribution in [2.45, 2.75) is 39.2 Å². The summed E-state index contributed by atoms with van der Waals surface area (Å²) in [6.45, 7) is 6.00. The highest BCUT2D eigenvalue weighted by Crippen LogP contribution is 2.17. The highest BCUT2D eigenvalue weighted by molar-refractivity contribution is 5.80. The van der Waals surface area contributed by atoms with Gasteiger partial charge in [0.25, 0.3) is 0 Å². The van der Waals surface area contributed by atoms with Crippen molar-refractivity contribution >= 4 is 5.97 Å². The molecule has 1 saturated heterocycles. The molecule has 1 heterocycles. The van der Waals surface area contributed by atoms with Crippen LogP contribution in [0.4, 0.5) is 0 Å². The van der Waals surface area contributed by atoms with Crippen molar-refractivity contribution in [2.24, 2.45) is 0 Å². The molecule has 3 nitrogen and oxygen atoms in total. The van der Waals surface area contributed by atoms with E-state index >= 15 is 0 Å². The summed E-state index contributed by atoms with van der Waals surface area (Å²) < 4.78 is 0. The fourth-order valence-electron chi connectivity index (χ4n) is 1.97. The Morgan fingerprint density at radius 1 is 1.57 bits per heavy atom. The Kier molecular flexibility index (Phi) is 4.14. The predicted molar refractivity (Wildman–Crippen MR) is 56.3 cm³/mol. The molecule has 0 aliphatic carbocycles. The van der Waals surface area contributed by atoms with E-state index in [1.807, 2.05) is 6.92 Å². The van der Waals surface area contributed by atoms with Crippen molar-refractivity contribution in [3.05, 3.63) is 11.6 Å². The van der Waals surface area contributed by atoms with E-state index in [9.17, 15) is 4.79 Å². The number of rotatable bonds is 3. The van der Waals surface area contributed by atoms with Crippen LogP contribution in [0.3, 0.4) is 0 Å². The second-order valence-corrected chi connectivity index (χ2v) is 4.14. The number of nitrogens with zero attached hydrogens (tertiary/aromatic N) is 1. The normalized spacial score (nSPS) is 25.0. The quantitative estimate of drug-likeness (QED) is 0.702. The van der Waals surface area contributed by atoms with Crippen LogP contribution in [-0.2, 0) is 4.79 Å². The molecule has 0 saturated carbocycles. The summed E-state index contributed by atoms with van der Waals surface area (Å²) in [5, 5.41) is 8.58. The van der Waals surface area contributed by atoms with E-state index in [4.69, 9.17) is 5.11 Å². The van der Waals surface area contributed by atoms with Gasteiger partial charge in [0.05, 0.1) is 0 Å². The molecule has 1 rings (SSSR count). The molecule has 0 aromatic rings. The van der Waals surface area contributed by atoms with Crippen LogP contribution < -0.4 is 0 Å². The van der Waals surface area contributed by atoms with Gasteiger partial charge in [-0.25, -0.2) is 4.79 Å². The zero-order chi connectivity index (χ0) is 10.6. The number of carbonyl (C=O) groups is 1. The van der Waals surface area contributed by atoms with Gasteiger partial charge in [-0.3, -0.25) is 4.90 Å². The maximum atomic E-state index is 10.4. The third-order valence-corrected chi connectivity index (χ3v) is 2.76. The van der Waals surface area contributed by atoms with Gasteiger partial charge in [-0.2, -0.15) is 0 Å². The summed E-state index contributed by atoms with van der Waals surface area (Å²) in [5.41, 5.74) is 0.936. The van der Waals surface area contributed by atoms with Crippen LogP contribution >= 0.6 is 0 Å². The first-order valence-electron chi connectivity index (χ1n) is 5.23. The molecule has 0 bridgehead atoms. The SMILES string of the molecule is CC(=CC(=O)O)CN1CCCCC1C. The molecule has 1 fully saturated rings. The second kappa shape index (κ2) is 5.15. The molecule has 1 N–H and O–H groups in total. The Balaban J connectivity index is 2.45. The molecule has 1 aliphatic rings. The van der Waals surface area contributed by atoms with Crippen molar-refractivity contribution in [2.75, 3.05) is 13.1 Å². The lowest BCUT2D eigenvalue weighted by molar-refractivity contribution is -0.131. The molecule has 1 atom stereocenters. The van der Waals surface area contributed by atoms with E-state index in [1.54, 1.807) is 0 Å². The first-order chi connectivity index (χ1) is 6.59. The van der Waals surface area contributed by atoms with E-state index < -0.39 is 5.97 Å². The number of carboxylic acid groups (broad SMARTS) is 1. The molecule has 0 amide bonds. The standard InChI is InChI=1S/C11H19NO2/c1-9(7-11(13)14)8-12-6-4-3-5-10(12)2/h7,10H,3-6,8H2,1-2H3,(H,13,14). The third kappa shape index (κ3) is 3.50. The fraction of sp³-hybridized carbons (Fsp3) is 0.727. The van der Waals surface area contributed by atoms with Gasteiger partial charge in [0.15, 0.2) is 0 Å². The van der Waals surface area contributed by atoms with Crippen LogP contribution in [0, 0.1) is 0 Å². The van der Waals surface area contributed by atoms with Crippen molar-refractivity contribution in [3.63, 3.8) is 0 Å². The van der Waals surface area contributed by atoms with Crippen LogP contribution in [0.15, 0.2) is 11.6 Å². The van der Waals surface area contributed by atoms with Crippen molar-refractivity contribution in [1.29, 1.82) is 0 Å². The predicted octanol–water partition coefficient (Wildman–Crippen LogP) is 1.89. The van der Waals surface area contributed by atoms with Gasteiger partial charge in [-0.15, -0.1) is 0 Å². The molecule has 1 aliphatic heterocycles. The highest BCUT2D eigenvalue weighted by atomic mass is 16.4. The minimum Gasteiger partial charge on any atom is -0.478 e. The summed E-state index contributed by atoms with van der Waals surface area (Å²) in [4.78, 5) is 12.8. The van der Waals surface area contributed by atoms with Crippen LogP contribution in [0.25, 0.3) is 0 Å². The summed E-state index contributed by atoms with van der Waals surface area (Å²) in [6, 6.07) is 0.598. The van der Waals surface area contributed by atoms with Crippen LogP contribution in [0.5, 0.6) is 0 Å². The molecular formula is C11H19NO2. The molecular weight excluding hydrogens is 178 g/mol. The Morgan fingerprint density at radius 2 is 2.29 bits per heavy atom. The lowest BCUT2D eigenvalue weighted by atomic mass is 10.0. The van der Waals surface area contributed by atoms with Crippen molar-refractivity contribution < 1.29 is 9.90 Å². The fourth-order valence-corrected chi connectivity index (χ4v) is 1.97. The minimum atomic E-state index is -0.841. The van der Waals surface area contributed by atoms with Crippen molar-refractivity contribution in [3.8, 4) is 0 Å². The lowest BCUT2D eigenvalue weighted by Gasteiger charge is -2.33. The maximum Gasteiger partial charge on any atom is 0.328 e. The number of hydrogen-bond acceptors (Lipinski definition) is 2. The van der Waals surface area contributed by atoms with Gasteiger partial charge in [0, 0.05) is 18.7 Å². The van der Waals surface area contributed by atoms with Gasteiger partial charge in [0.2, 0.25) is 0 Å². The molecule has 3 heteroatoms. The number of aliphatic carboxylic acids is 1. The zero-order valence-electron chi connectivity index (χ0n) is 8.99. The summed E-state index contributed by atoms with van der Waals surface area (Å²) in [7, 11) is 0. The number of carboxylic acids is 1. The Bertz CT molecular complexity index is 235. The second-order valence-electron chi connectivity index (χ2n) is 4.14. The van der Waals surface area contributed by atoms with Gasteiger partial charge < -0.3 is 5.11 Å². The zero-order valence-corrected chi connectivity index (χ0v) is 8.99. The monoisotopic (exact) mass is 197 g/mol. The Morgan fingerprint density at radius 3 is 2.86 bits per heavy atom. The number of likely N-dealkylation sites (tertiary alicyclic amines) is 1.